The highest BCUT2D eigenvalue weighted by Gasteiger charge is 2.11. The van der Waals surface area contributed by atoms with Crippen LogP contribution in [0.4, 0.5) is 5.82 Å². The summed E-state index contributed by atoms with van der Waals surface area (Å²) in [6, 6.07) is 3.82. The number of anilines is 1. The first-order chi connectivity index (χ1) is 9.56. The molecule has 112 valence electrons. The van der Waals surface area contributed by atoms with Gasteiger partial charge in [0.15, 0.2) is 0 Å². The van der Waals surface area contributed by atoms with E-state index in [9.17, 15) is 4.79 Å². The molecule has 0 aliphatic rings. The third-order valence-corrected chi connectivity index (χ3v) is 3.34. The van der Waals surface area contributed by atoms with Gasteiger partial charge in [-0.15, -0.1) is 0 Å². The molecule has 1 unspecified atom stereocenters. The van der Waals surface area contributed by atoms with Gasteiger partial charge < -0.3 is 10.6 Å². The van der Waals surface area contributed by atoms with E-state index in [4.69, 9.17) is 0 Å². The molecular weight excluding hydrogens is 250 g/mol. The Morgan fingerprint density at radius 3 is 2.70 bits per heavy atom. The highest BCUT2D eigenvalue weighted by molar-refractivity contribution is 5.95. The minimum atomic E-state index is -0.0185. The first-order valence-corrected chi connectivity index (χ1v) is 7.54. The maximum Gasteiger partial charge on any atom is 0.251 e. The fourth-order valence-corrected chi connectivity index (χ4v) is 2.18. The number of hydrogen-bond donors (Lipinski definition) is 2. The highest BCUT2D eigenvalue weighted by Crippen LogP contribution is 2.11. The van der Waals surface area contributed by atoms with Gasteiger partial charge in [0.25, 0.3) is 5.91 Å². The van der Waals surface area contributed by atoms with E-state index in [-0.39, 0.29) is 11.9 Å². The molecule has 2 N–H and O–H groups in total. The Morgan fingerprint density at radius 2 is 2.05 bits per heavy atom. The molecule has 0 bridgehead atoms. The van der Waals surface area contributed by atoms with Gasteiger partial charge in [-0.05, 0) is 32.4 Å². The summed E-state index contributed by atoms with van der Waals surface area (Å²) in [5.74, 6) is 0.709. The number of nitrogens with one attached hydrogen (secondary N) is 2. The number of carbonyl (C=O) groups excluding carboxylic acids is 1. The normalized spacial score (nSPS) is 12.0. The predicted molar refractivity (Wildman–Crippen MR) is 84.2 cm³/mol. The zero-order valence-electron chi connectivity index (χ0n) is 13.1. The van der Waals surface area contributed by atoms with Crippen LogP contribution in [0.25, 0.3) is 0 Å². The van der Waals surface area contributed by atoms with Crippen LogP contribution in [0.3, 0.4) is 0 Å². The van der Waals surface area contributed by atoms with Gasteiger partial charge in [-0.3, -0.25) is 4.79 Å². The molecule has 1 aromatic heterocycles. The fourth-order valence-electron chi connectivity index (χ4n) is 2.18. The molecular formula is C16H27N3O. The van der Waals surface area contributed by atoms with Crippen molar-refractivity contribution in [2.45, 2.75) is 58.9 Å². The average Bonchev–Trinajstić information content (AvgIpc) is 2.42. The molecule has 0 fully saturated rings. The van der Waals surface area contributed by atoms with Crippen LogP contribution in [0.1, 0.15) is 62.0 Å². The number of hydrogen-bond acceptors (Lipinski definition) is 3. The molecule has 0 aromatic carbocycles. The van der Waals surface area contributed by atoms with Crippen LogP contribution >= 0.6 is 0 Å². The molecule has 20 heavy (non-hydrogen) atoms. The van der Waals surface area contributed by atoms with Crippen molar-refractivity contribution in [1.82, 2.24) is 10.3 Å². The number of unbranched alkanes of at least 4 members (excludes halogenated alkanes) is 3. The van der Waals surface area contributed by atoms with E-state index in [0.29, 0.717) is 5.56 Å². The van der Waals surface area contributed by atoms with Crippen molar-refractivity contribution >= 4 is 11.7 Å². The van der Waals surface area contributed by atoms with Crippen LogP contribution in [-0.4, -0.2) is 24.0 Å². The Morgan fingerprint density at radius 1 is 1.30 bits per heavy atom. The predicted octanol–water partition coefficient (Wildman–Crippen LogP) is 3.52. The number of rotatable bonds is 8. The van der Waals surface area contributed by atoms with Crippen molar-refractivity contribution in [2.75, 3.05) is 12.4 Å². The Labute approximate surface area is 122 Å². The summed E-state index contributed by atoms with van der Waals surface area (Å²) < 4.78 is 0. The summed E-state index contributed by atoms with van der Waals surface area (Å²) in [6.45, 7) is 6.17. The van der Waals surface area contributed by atoms with E-state index in [1.165, 1.54) is 25.7 Å². The maximum atomic E-state index is 12.2. The van der Waals surface area contributed by atoms with Crippen LogP contribution in [0, 0.1) is 6.92 Å². The summed E-state index contributed by atoms with van der Waals surface area (Å²) in [4.78, 5) is 16.5. The topological polar surface area (TPSA) is 54.0 Å². The monoisotopic (exact) mass is 277 g/mol. The minimum Gasteiger partial charge on any atom is -0.373 e. The van der Waals surface area contributed by atoms with Gasteiger partial charge in [-0.1, -0.05) is 32.6 Å². The van der Waals surface area contributed by atoms with E-state index in [1.54, 1.807) is 13.1 Å². The number of aromatic nitrogens is 1. The van der Waals surface area contributed by atoms with Gasteiger partial charge in [0.05, 0.1) is 0 Å². The molecule has 0 spiro atoms. The SMILES string of the molecule is CCCCCCC(C)NC(=O)c1cc(C)nc(NC)c1. The standard InChI is InChI=1S/C16H27N3O/c1-5-6-7-8-9-12(2)19-16(20)14-10-13(3)18-15(11-14)17-4/h10-12H,5-9H2,1-4H3,(H,17,18)(H,19,20). The molecule has 4 nitrogen and oxygen atoms in total. The zero-order valence-corrected chi connectivity index (χ0v) is 13.1. The van der Waals surface area contributed by atoms with E-state index in [2.05, 4.69) is 29.5 Å². The van der Waals surface area contributed by atoms with Crippen LogP contribution in [0.15, 0.2) is 12.1 Å². The lowest BCUT2D eigenvalue weighted by Gasteiger charge is -2.14. The van der Waals surface area contributed by atoms with Gasteiger partial charge in [0.2, 0.25) is 0 Å². The number of carbonyl (C=O) groups is 1. The Hall–Kier alpha value is -1.58. The number of pyridine rings is 1. The van der Waals surface area contributed by atoms with Crippen LogP contribution in [0.2, 0.25) is 0 Å². The van der Waals surface area contributed by atoms with Gasteiger partial charge >= 0.3 is 0 Å². The summed E-state index contributed by atoms with van der Waals surface area (Å²) in [5.41, 5.74) is 1.51. The van der Waals surface area contributed by atoms with Gasteiger partial charge in [0, 0.05) is 24.3 Å². The van der Waals surface area contributed by atoms with Gasteiger partial charge in [-0.25, -0.2) is 4.98 Å². The van der Waals surface area contributed by atoms with E-state index >= 15 is 0 Å². The highest BCUT2D eigenvalue weighted by atomic mass is 16.1. The van der Waals surface area contributed by atoms with Crippen LogP contribution < -0.4 is 10.6 Å². The molecule has 4 heteroatoms. The molecule has 1 amide bonds. The molecule has 0 aliphatic carbocycles. The van der Waals surface area contributed by atoms with Crippen molar-refractivity contribution in [3.63, 3.8) is 0 Å². The average molecular weight is 277 g/mol. The van der Waals surface area contributed by atoms with E-state index < -0.39 is 0 Å². The number of amides is 1. The van der Waals surface area contributed by atoms with Gasteiger partial charge in [0.1, 0.15) is 5.82 Å². The van der Waals surface area contributed by atoms with Crippen molar-refractivity contribution in [3.8, 4) is 0 Å². The zero-order chi connectivity index (χ0) is 15.0. The lowest BCUT2D eigenvalue weighted by Crippen LogP contribution is -2.32. The quantitative estimate of drug-likeness (QED) is 0.715. The maximum absolute atomic E-state index is 12.2. The third-order valence-electron chi connectivity index (χ3n) is 3.34. The lowest BCUT2D eigenvalue weighted by molar-refractivity contribution is 0.0937. The van der Waals surface area contributed by atoms with Crippen molar-refractivity contribution < 1.29 is 4.79 Å². The summed E-state index contributed by atoms with van der Waals surface area (Å²) in [6.07, 6.45) is 5.97. The van der Waals surface area contributed by atoms with Crippen LogP contribution in [0.5, 0.6) is 0 Å². The summed E-state index contributed by atoms with van der Waals surface area (Å²) in [7, 11) is 1.81. The smallest absolute Gasteiger partial charge is 0.251 e. The van der Waals surface area contributed by atoms with E-state index in [1.807, 2.05) is 13.0 Å². The largest absolute Gasteiger partial charge is 0.373 e. The van der Waals surface area contributed by atoms with Crippen molar-refractivity contribution in [2.24, 2.45) is 0 Å². The fraction of sp³-hybridized carbons (Fsp3) is 0.625. The summed E-state index contributed by atoms with van der Waals surface area (Å²) >= 11 is 0. The summed E-state index contributed by atoms with van der Waals surface area (Å²) in [5, 5.41) is 6.03. The minimum absolute atomic E-state index is 0.0185. The van der Waals surface area contributed by atoms with Gasteiger partial charge in [-0.2, -0.15) is 0 Å². The molecule has 0 aliphatic heterocycles. The molecule has 1 rings (SSSR count). The molecule has 1 aromatic rings. The van der Waals surface area contributed by atoms with E-state index in [0.717, 1.165) is 17.9 Å². The molecule has 0 saturated heterocycles. The third kappa shape index (κ3) is 5.59. The molecule has 1 atom stereocenters. The van der Waals surface area contributed by atoms with Crippen molar-refractivity contribution in [3.05, 3.63) is 23.4 Å². The van der Waals surface area contributed by atoms with Crippen LogP contribution in [-0.2, 0) is 0 Å². The second kappa shape index (κ2) is 8.56. The first kappa shape index (κ1) is 16.5. The van der Waals surface area contributed by atoms with Crippen molar-refractivity contribution in [1.29, 1.82) is 0 Å². The number of nitrogens with zero attached hydrogens (tertiary/aromatic N) is 1. The Kier molecular flexibility index (Phi) is 7.05. The second-order valence-electron chi connectivity index (χ2n) is 5.36. The number of aryl methyl sites for hydroxylation is 1. The molecule has 0 saturated carbocycles. The lowest BCUT2D eigenvalue weighted by atomic mass is 10.1. The second-order valence-corrected chi connectivity index (χ2v) is 5.36. The Bertz CT molecular complexity index is 432. The molecule has 1 heterocycles. The first-order valence-electron chi connectivity index (χ1n) is 7.54. The molecule has 0 radical (unpaired) electrons. The Balaban J connectivity index is 2.51.